The van der Waals surface area contributed by atoms with Crippen molar-refractivity contribution in [1.82, 2.24) is 10.0 Å². The van der Waals surface area contributed by atoms with Crippen LogP contribution >= 0.6 is 0 Å². The second-order valence-electron chi connectivity index (χ2n) is 10.6. The molecule has 0 aromatic rings. The van der Waals surface area contributed by atoms with Crippen LogP contribution in [-0.4, -0.2) is 36.2 Å². The highest BCUT2D eigenvalue weighted by Gasteiger charge is 2.33. The van der Waals surface area contributed by atoms with Gasteiger partial charge in [-0.2, -0.15) is 0 Å². The van der Waals surface area contributed by atoms with Gasteiger partial charge in [0.05, 0.1) is 25.1 Å². The van der Waals surface area contributed by atoms with Crippen LogP contribution < -0.4 is 0 Å². The molecule has 4 heterocycles. The van der Waals surface area contributed by atoms with Crippen molar-refractivity contribution in [2.75, 3.05) is 26.2 Å². The van der Waals surface area contributed by atoms with Crippen LogP contribution in [0.5, 0.6) is 0 Å². The number of piperidine rings is 2. The number of hydrogen-bond donors (Lipinski definition) is 0. The quantitative estimate of drug-likeness (QED) is 0.324. The van der Waals surface area contributed by atoms with E-state index in [1.807, 2.05) is 18.8 Å². The van der Waals surface area contributed by atoms with E-state index in [0.717, 1.165) is 26.2 Å². The summed E-state index contributed by atoms with van der Waals surface area (Å²) in [6, 6.07) is 4.31. The van der Waals surface area contributed by atoms with Crippen LogP contribution in [-0.2, 0) is 0 Å². The third-order valence-electron chi connectivity index (χ3n) is 9.06. The Kier molecular flexibility index (Phi) is 5.54. The summed E-state index contributed by atoms with van der Waals surface area (Å²) in [5.74, 6) is 1.28. The maximum atomic E-state index is 5.57. The van der Waals surface area contributed by atoms with Crippen LogP contribution in [0.1, 0.15) is 70.9 Å². The summed E-state index contributed by atoms with van der Waals surface area (Å²) in [5, 5.41) is 5.29. The van der Waals surface area contributed by atoms with Crippen LogP contribution in [0, 0.1) is 27.7 Å². The van der Waals surface area contributed by atoms with Gasteiger partial charge in [-0.1, -0.05) is 0 Å². The van der Waals surface area contributed by atoms with Gasteiger partial charge in [0, 0.05) is 37.3 Å². The molecular formula is C30H36N2O2. The van der Waals surface area contributed by atoms with Gasteiger partial charge in [-0.25, -0.2) is 10.0 Å². The van der Waals surface area contributed by atoms with E-state index in [2.05, 4.69) is 49.8 Å². The molecule has 4 aliphatic heterocycles. The zero-order valence-electron chi connectivity index (χ0n) is 21.0. The van der Waals surface area contributed by atoms with Crippen LogP contribution in [0.4, 0.5) is 0 Å². The lowest BCUT2D eigenvalue weighted by atomic mass is 9.86. The van der Waals surface area contributed by atoms with Crippen molar-refractivity contribution in [3.05, 3.63) is 70.6 Å². The Morgan fingerprint density at radius 2 is 1.00 bits per heavy atom. The number of fused-ring (bicyclic) bond motifs is 2. The third kappa shape index (κ3) is 3.42. The molecule has 0 aromatic carbocycles. The Hall–Kier alpha value is -2.56. The average molecular weight is 457 g/mol. The standard InChI is InChI=1S/C30H36N2O2/c1-19-21(3)30(28-18-34-15-9-25(19)28)24-7-13-32(14-8-24)31-11-5-23(6-12-31)29-22(4)20(2)27-17-33-16-10-26(27)29/h9-10,15-18,23-24H,5-8,11-14H2,1-4H3. The van der Waals surface area contributed by atoms with Crippen molar-refractivity contribution >= 4 is 0 Å². The molecule has 0 unspecified atom stereocenters. The minimum absolute atomic E-state index is 0.634. The minimum Gasteiger partial charge on any atom is -0.472 e. The van der Waals surface area contributed by atoms with Crippen LogP contribution in [0.15, 0.2) is 46.0 Å². The first-order valence-corrected chi connectivity index (χ1v) is 12.9. The van der Waals surface area contributed by atoms with Gasteiger partial charge in [-0.05, 0) is 122 Å². The highest BCUT2D eigenvalue weighted by atomic mass is 16.3. The van der Waals surface area contributed by atoms with Crippen molar-refractivity contribution in [3.63, 3.8) is 0 Å². The molecule has 2 fully saturated rings. The van der Waals surface area contributed by atoms with Crippen molar-refractivity contribution < 1.29 is 8.83 Å². The molecule has 0 spiro atoms. The summed E-state index contributed by atoms with van der Waals surface area (Å²) < 4.78 is 11.0. The first kappa shape index (κ1) is 21.9. The monoisotopic (exact) mass is 456 g/mol. The summed E-state index contributed by atoms with van der Waals surface area (Å²) >= 11 is 0. The molecule has 6 rings (SSSR count). The van der Waals surface area contributed by atoms with Gasteiger partial charge in [-0.15, -0.1) is 0 Å². The van der Waals surface area contributed by atoms with Crippen LogP contribution in [0.3, 0.4) is 0 Å². The Morgan fingerprint density at radius 1 is 0.559 bits per heavy atom. The van der Waals surface area contributed by atoms with Crippen LogP contribution in [0.25, 0.3) is 22.3 Å². The fourth-order valence-electron chi connectivity index (χ4n) is 6.94. The highest BCUT2D eigenvalue weighted by molar-refractivity contribution is 5.78. The number of rotatable bonds is 3. The molecule has 0 radical (unpaired) electrons. The van der Waals surface area contributed by atoms with E-state index in [9.17, 15) is 0 Å². The molecule has 0 atom stereocenters. The van der Waals surface area contributed by atoms with E-state index in [-0.39, 0.29) is 0 Å². The van der Waals surface area contributed by atoms with Crippen molar-refractivity contribution in [2.24, 2.45) is 0 Å². The summed E-state index contributed by atoms with van der Waals surface area (Å²) in [4.78, 5) is 0. The maximum absolute atomic E-state index is 5.57. The number of hydrogen-bond acceptors (Lipinski definition) is 4. The fraction of sp³-hybridized carbons (Fsp3) is 0.467. The van der Waals surface area contributed by atoms with Gasteiger partial charge < -0.3 is 8.83 Å². The zero-order chi connectivity index (χ0) is 23.4. The summed E-state index contributed by atoms with van der Waals surface area (Å²) in [5.41, 5.74) is 14.2. The second kappa shape index (κ2) is 8.58. The molecule has 0 N–H and O–H groups in total. The van der Waals surface area contributed by atoms with Gasteiger partial charge in [0.2, 0.25) is 0 Å². The van der Waals surface area contributed by atoms with E-state index in [4.69, 9.17) is 8.83 Å². The van der Waals surface area contributed by atoms with E-state index in [1.165, 1.54) is 75.8 Å². The topological polar surface area (TPSA) is 32.8 Å². The Labute approximate surface area is 203 Å². The average Bonchev–Trinajstić information content (AvgIpc) is 3.29. The number of nitrogens with zero attached hydrogens (tertiary/aromatic N) is 2. The highest BCUT2D eigenvalue weighted by Crippen LogP contribution is 2.45. The third-order valence-corrected chi connectivity index (χ3v) is 9.06. The summed E-state index contributed by atoms with van der Waals surface area (Å²) in [7, 11) is 0. The van der Waals surface area contributed by atoms with Crippen molar-refractivity contribution in [2.45, 2.75) is 65.2 Å². The lowest BCUT2D eigenvalue weighted by Crippen LogP contribution is -2.49. The fourth-order valence-corrected chi connectivity index (χ4v) is 6.94. The predicted octanol–water partition coefficient (Wildman–Crippen LogP) is 7.29. The predicted molar refractivity (Wildman–Crippen MR) is 137 cm³/mol. The van der Waals surface area contributed by atoms with E-state index < -0.39 is 0 Å². The zero-order valence-corrected chi connectivity index (χ0v) is 21.0. The lowest BCUT2D eigenvalue weighted by Gasteiger charge is -2.43. The maximum Gasteiger partial charge on any atom is 0.0982 e. The van der Waals surface area contributed by atoms with Crippen molar-refractivity contribution in [1.29, 1.82) is 0 Å². The van der Waals surface area contributed by atoms with Gasteiger partial charge in [0.15, 0.2) is 0 Å². The molecule has 4 heteroatoms. The van der Waals surface area contributed by atoms with Crippen molar-refractivity contribution in [3.8, 4) is 22.3 Å². The Bertz CT molecular complexity index is 1140. The van der Waals surface area contributed by atoms with Gasteiger partial charge >= 0.3 is 0 Å². The lowest BCUT2D eigenvalue weighted by molar-refractivity contribution is -0.0585. The molecule has 6 aliphatic rings. The molecular weight excluding hydrogens is 420 g/mol. The minimum atomic E-state index is 0.634. The summed E-state index contributed by atoms with van der Waals surface area (Å²) in [6.07, 6.45) is 12.4. The number of hydrazine groups is 1. The smallest absolute Gasteiger partial charge is 0.0982 e. The molecule has 0 saturated carbocycles. The molecule has 2 saturated heterocycles. The van der Waals surface area contributed by atoms with Gasteiger partial charge in [0.25, 0.3) is 0 Å². The molecule has 4 nitrogen and oxygen atoms in total. The molecule has 0 amide bonds. The Morgan fingerprint density at radius 3 is 1.56 bits per heavy atom. The SMILES string of the molecule is Cc1c2coccc-2c(C2CCN(N3CCC(c4c5coccc-5c(C)c4C)CC3)CC2)c1C. The van der Waals surface area contributed by atoms with Crippen LogP contribution in [0.2, 0.25) is 0 Å². The second-order valence-corrected chi connectivity index (χ2v) is 10.6. The first-order valence-electron chi connectivity index (χ1n) is 12.9. The normalized spacial score (nSPS) is 19.5. The molecule has 2 aliphatic carbocycles. The Balaban J connectivity index is 1.12. The van der Waals surface area contributed by atoms with E-state index in [0.29, 0.717) is 11.8 Å². The van der Waals surface area contributed by atoms with Gasteiger partial charge in [0.1, 0.15) is 0 Å². The van der Waals surface area contributed by atoms with E-state index >= 15 is 0 Å². The molecule has 178 valence electrons. The first-order chi connectivity index (χ1) is 16.5. The molecule has 0 aromatic heterocycles. The summed E-state index contributed by atoms with van der Waals surface area (Å²) in [6.45, 7) is 13.7. The van der Waals surface area contributed by atoms with E-state index in [1.54, 1.807) is 11.8 Å². The molecule has 34 heavy (non-hydrogen) atoms. The van der Waals surface area contributed by atoms with Gasteiger partial charge in [-0.3, -0.25) is 0 Å². The molecule has 0 bridgehead atoms. The largest absolute Gasteiger partial charge is 0.472 e.